The highest BCUT2D eigenvalue weighted by atomic mass is 16.5. The third kappa shape index (κ3) is 6.55. The van der Waals surface area contributed by atoms with Crippen molar-refractivity contribution in [3.05, 3.63) is 41.5 Å². The average Bonchev–Trinajstić information content (AvgIpc) is 2.66. The molecule has 0 radical (unpaired) electrons. The number of esters is 1. The summed E-state index contributed by atoms with van der Waals surface area (Å²) in [5.41, 5.74) is 1.55. The zero-order chi connectivity index (χ0) is 19.8. The van der Waals surface area contributed by atoms with Gasteiger partial charge in [0.2, 0.25) is 5.91 Å². The first-order valence-electron chi connectivity index (χ1n) is 9.41. The van der Waals surface area contributed by atoms with Gasteiger partial charge in [-0.1, -0.05) is 18.6 Å². The molecule has 0 bridgehead atoms. The van der Waals surface area contributed by atoms with E-state index < -0.39 is 5.97 Å². The van der Waals surface area contributed by atoms with Crippen molar-refractivity contribution in [1.82, 2.24) is 10.2 Å². The van der Waals surface area contributed by atoms with Gasteiger partial charge in [0.05, 0.1) is 0 Å². The first-order chi connectivity index (χ1) is 12.9. The van der Waals surface area contributed by atoms with Crippen molar-refractivity contribution < 1.29 is 19.1 Å². The molecule has 0 saturated carbocycles. The molecule has 1 aliphatic heterocycles. The van der Waals surface area contributed by atoms with Crippen molar-refractivity contribution in [3.63, 3.8) is 0 Å². The zero-order valence-electron chi connectivity index (χ0n) is 16.3. The number of piperidine rings is 1. The second kappa shape index (κ2) is 9.90. The summed E-state index contributed by atoms with van der Waals surface area (Å²) in [6.45, 7) is 7.34. The van der Waals surface area contributed by atoms with E-state index >= 15 is 0 Å². The molecule has 1 saturated heterocycles. The second-order valence-corrected chi connectivity index (χ2v) is 6.94. The van der Waals surface area contributed by atoms with Crippen molar-refractivity contribution in [2.75, 3.05) is 19.6 Å². The number of ether oxygens (including phenoxy) is 1. The molecule has 6 nitrogen and oxygen atoms in total. The number of rotatable bonds is 6. The molecule has 146 valence electrons. The summed E-state index contributed by atoms with van der Waals surface area (Å²) in [5.74, 6) is 0.185. The summed E-state index contributed by atoms with van der Waals surface area (Å²) in [6.07, 6.45) is 4.35. The molecule has 6 heteroatoms. The Labute approximate surface area is 160 Å². The van der Waals surface area contributed by atoms with Crippen LogP contribution < -0.4 is 10.1 Å². The van der Waals surface area contributed by atoms with Crippen LogP contribution in [0.25, 0.3) is 0 Å². The van der Waals surface area contributed by atoms with Crippen LogP contribution in [0.1, 0.15) is 50.4 Å². The molecule has 0 unspecified atom stereocenters. The van der Waals surface area contributed by atoms with E-state index in [9.17, 15) is 14.4 Å². The predicted molar refractivity (Wildman–Crippen MR) is 103 cm³/mol. The maximum Gasteiger partial charge on any atom is 0.308 e. The first-order valence-corrected chi connectivity index (χ1v) is 9.41. The Morgan fingerprint density at radius 2 is 1.93 bits per heavy atom. The van der Waals surface area contributed by atoms with Crippen LogP contribution in [0, 0.1) is 5.92 Å². The maximum atomic E-state index is 12.3. The lowest BCUT2D eigenvalue weighted by Crippen LogP contribution is -2.41. The number of amides is 2. The van der Waals surface area contributed by atoms with Crippen molar-refractivity contribution in [2.24, 2.45) is 5.92 Å². The Kier molecular flexibility index (Phi) is 7.58. The van der Waals surface area contributed by atoms with Crippen LogP contribution in [0.2, 0.25) is 0 Å². The monoisotopic (exact) mass is 372 g/mol. The van der Waals surface area contributed by atoms with Gasteiger partial charge < -0.3 is 15.0 Å². The zero-order valence-corrected chi connectivity index (χ0v) is 16.3. The molecule has 1 aromatic carbocycles. The Hall–Kier alpha value is -2.63. The predicted octanol–water partition coefficient (Wildman–Crippen LogP) is 2.94. The van der Waals surface area contributed by atoms with Crippen LogP contribution in [0.5, 0.6) is 5.75 Å². The fourth-order valence-electron chi connectivity index (χ4n) is 2.97. The van der Waals surface area contributed by atoms with E-state index in [1.807, 2.05) is 18.7 Å². The third-order valence-corrected chi connectivity index (χ3v) is 4.76. The van der Waals surface area contributed by atoms with Crippen molar-refractivity contribution in [1.29, 1.82) is 0 Å². The van der Waals surface area contributed by atoms with Gasteiger partial charge >= 0.3 is 5.97 Å². The van der Waals surface area contributed by atoms with Gasteiger partial charge in [0.1, 0.15) is 5.75 Å². The Bertz CT molecular complexity index is 719. The number of likely N-dealkylation sites (tertiary alicyclic amines) is 1. The Balaban J connectivity index is 1.80. The second-order valence-electron chi connectivity index (χ2n) is 6.94. The third-order valence-electron chi connectivity index (χ3n) is 4.76. The highest BCUT2D eigenvalue weighted by Crippen LogP contribution is 2.18. The van der Waals surface area contributed by atoms with E-state index in [4.69, 9.17) is 4.74 Å². The van der Waals surface area contributed by atoms with E-state index in [1.165, 1.54) is 6.92 Å². The van der Waals surface area contributed by atoms with Gasteiger partial charge in [-0.2, -0.15) is 0 Å². The number of nitrogens with one attached hydrogen (secondary N) is 1. The average molecular weight is 372 g/mol. The minimum absolute atomic E-state index is 0.0825. The highest BCUT2D eigenvalue weighted by molar-refractivity contribution is 5.94. The molecule has 1 heterocycles. The normalized spacial score (nSPS) is 15.4. The fourth-order valence-corrected chi connectivity index (χ4v) is 2.97. The molecule has 2 rings (SSSR count). The van der Waals surface area contributed by atoms with Crippen LogP contribution in [-0.4, -0.2) is 42.3 Å². The van der Waals surface area contributed by atoms with E-state index in [-0.39, 0.29) is 11.8 Å². The summed E-state index contributed by atoms with van der Waals surface area (Å²) in [4.78, 5) is 37.4. The summed E-state index contributed by atoms with van der Waals surface area (Å²) in [5, 5.41) is 2.94. The summed E-state index contributed by atoms with van der Waals surface area (Å²) < 4.78 is 5.01. The number of carbonyl (C=O) groups is 3. The minimum atomic E-state index is -0.419. The molecule has 1 fully saturated rings. The van der Waals surface area contributed by atoms with Gasteiger partial charge in [0.15, 0.2) is 0 Å². The summed E-state index contributed by atoms with van der Waals surface area (Å²) in [6, 6.07) is 6.56. The largest absolute Gasteiger partial charge is 0.427 e. The van der Waals surface area contributed by atoms with Gasteiger partial charge in [-0.3, -0.25) is 14.4 Å². The van der Waals surface area contributed by atoms with E-state index in [0.717, 1.165) is 37.9 Å². The van der Waals surface area contributed by atoms with Crippen LogP contribution in [-0.2, 0) is 9.59 Å². The first kappa shape index (κ1) is 20.7. The minimum Gasteiger partial charge on any atom is -0.427 e. The number of nitrogens with zero attached hydrogens (tertiary/aromatic N) is 1. The molecule has 0 spiro atoms. The van der Waals surface area contributed by atoms with E-state index in [1.54, 1.807) is 30.3 Å². The van der Waals surface area contributed by atoms with Crippen molar-refractivity contribution in [2.45, 2.75) is 40.0 Å². The van der Waals surface area contributed by atoms with Crippen molar-refractivity contribution in [3.8, 4) is 5.75 Å². The quantitative estimate of drug-likeness (QED) is 0.473. The van der Waals surface area contributed by atoms with Gasteiger partial charge in [-0.25, -0.2) is 0 Å². The molecule has 1 aliphatic rings. The molecular weight excluding hydrogens is 344 g/mol. The summed E-state index contributed by atoms with van der Waals surface area (Å²) >= 11 is 0. The number of allylic oxidation sites excluding steroid dienone is 1. The number of hydrogen-bond donors (Lipinski definition) is 1. The lowest BCUT2D eigenvalue weighted by molar-refractivity contribution is -0.132. The standard InChI is InChI=1S/C21H28N2O4/c1-4-15(2)12-20(25)23-10-8-17(9-11-23)14-22-21(26)18-6-5-7-19(13-18)27-16(3)24/h5-7,12-13,17H,4,8-11,14H2,1-3H3,(H,22,26)/b15-12+. The number of hydrogen-bond acceptors (Lipinski definition) is 4. The highest BCUT2D eigenvalue weighted by Gasteiger charge is 2.22. The molecule has 0 aromatic heterocycles. The van der Waals surface area contributed by atoms with Crippen LogP contribution in [0.4, 0.5) is 0 Å². The lowest BCUT2D eigenvalue weighted by Gasteiger charge is -2.31. The van der Waals surface area contributed by atoms with Gasteiger partial charge in [-0.05, 0) is 50.3 Å². The molecule has 1 N–H and O–H groups in total. The van der Waals surface area contributed by atoms with Crippen LogP contribution >= 0.6 is 0 Å². The Morgan fingerprint density at radius 1 is 1.22 bits per heavy atom. The molecule has 0 atom stereocenters. The van der Waals surface area contributed by atoms with Crippen LogP contribution in [0.15, 0.2) is 35.9 Å². The van der Waals surface area contributed by atoms with Gasteiger partial charge in [0.25, 0.3) is 5.91 Å². The number of carbonyl (C=O) groups excluding carboxylic acids is 3. The SMILES string of the molecule is CC/C(C)=C/C(=O)N1CCC(CNC(=O)c2cccc(OC(C)=O)c2)CC1. The van der Waals surface area contributed by atoms with E-state index in [2.05, 4.69) is 5.32 Å². The lowest BCUT2D eigenvalue weighted by atomic mass is 9.96. The van der Waals surface area contributed by atoms with Crippen molar-refractivity contribution >= 4 is 17.8 Å². The van der Waals surface area contributed by atoms with Crippen LogP contribution in [0.3, 0.4) is 0 Å². The topological polar surface area (TPSA) is 75.7 Å². The molecule has 0 aliphatic carbocycles. The maximum absolute atomic E-state index is 12.3. The fraction of sp³-hybridized carbons (Fsp3) is 0.476. The summed E-state index contributed by atoms with van der Waals surface area (Å²) in [7, 11) is 0. The molecule has 2 amide bonds. The smallest absolute Gasteiger partial charge is 0.308 e. The molecule has 1 aromatic rings. The number of benzene rings is 1. The molecule has 27 heavy (non-hydrogen) atoms. The van der Waals surface area contributed by atoms with Gasteiger partial charge in [0, 0.05) is 38.2 Å². The van der Waals surface area contributed by atoms with E-state index in [0.29, 0.717) is 23.8 Å². The molecular formula is C21H28N2O4. The van der Waals surface area contributed by atoms with Gasteiger partial charge in [-0.15, -0.1) is 0 Å². The Morgan fingerprint density at radius 3 is 2.56 bits per heavy atom.